The number of hydrogen-bond acceptors (Lipinski definition) is 2. The Morgan fingerprint density at radius 3 is 2.67 bits per heavy atom. The summed E-state index contributed by atoms with van der Waals surface area (Å²) in [4.78, 5) is 12.4. The Kier molecular flexibility index (Phi) is 3.59. The van der Waals surface area contributed by atoms with Crippen LogP contribution in [0, 0.1) is 5.92 Å². The maximum absolute atomic E-state index is 12.9. The fourth-order valence-corrected chi connectivity index (χ4v) is 2.33. The highest BCUT2D eigenvalue weighted by molar-refractivity contribution is 5.60. The van der Waals surface area contributed by atoms with E-state index >= 15 is 0 Å². The molecule has 0 radical (unpaired) electrons. The summed E-state index contributed by atoms with van der Waals surface area (Å²) in [6.45, 7) is 0.939. The van der Waals surface area contributed by atoms with Crippen molar-refractivity contribution in [1.82, 2.24) is 0 Å². The van der Waals surface area contributed by atoms with E-state index in [0.29, 0.717) is 13.1 Å². The second-order valence-electron chi connectivity index (χ2n) is 4.50. The van der Waals surface area contributed by atoms with Gasteiger partial charge in [-0.05, 0) is 25.0 Å². The van der Waals surface area contributed by atoms with Crippen molar-refractivity contribution in [3.05, 3.63) is 29.8 Å². The van der Waals surface area contributed by atoms with Gasteiger partial charge in [-0.15, -0.1) is 0 Å². The van der Waals surface area contributed by atoms with Crippen molar-refractivity contribution in [2.45, 2.75) is 19.0 Å². The summed E-state index contributed by atoms with van der Waals surface area (Å²) in [5.41, 5.74) is -0.451. The topological polar surface area (TPSA) is 20.3 Å². The van der Waals surface area contributed by atoms with E-state index in [1.165, 1.54) is 12.1 Å². The largest absolute Gasteiger partial charge is 0.418 e. The first kappa shape index (κ1) is 12.9. The van der Waals surface area contributed by atoms with Crippen LogP contribution in [0.5, 0.6) is 0 Å². The molecule has 18 heavy (non-hydrogen) atoms. The van der Waals surface area contributed by atoms with Crippen molar-refractivity contribution in [3.63, 3.8) is 0 Å². The van der Waals surface area contributed by atoms with Crippen LogP contribution in [0.1, 0.15) is 18.4 Å². The highest BCUT2D eigenvalue weighted by atomic mass is 19.4. The average molecular weight is 257 g/mol. The number of hydrogen-bond donors (Lipinski definition) is 0. The maximum atomic E-state index is 12.9. The summed E-state index contributed by atoms with van der Waals surface area (Å²) in [6, 6.07) is 5.53. The quantitative estimate of drug-likeness (QED) is 0.759. The summed E-state index contributed by atoms with van der Waals surface area (Å²) in [7, 11) is 0. The molecular formula is C13H14F3NO. The average Bonchev–Trinajstić information content (AvgIpc) is 2.38. The zero-order valence-electron chi connectivity index (χ0n) is 9.78. The Hall–Kier alpha value is -1.52. The van der Waals surface area contributed by atoms with Crippen molar-refractivity contribution in [2.24, 2.45) is 5.92 Å². The molecule has 1 aromatic rings. The Balaban J connectivity index is 2.30. The number of para-hydroxylation sites is 1. The Morgan fingerprint density at radius 1 is 1.28 bits per heavy atom. The van der Waals surface area contributed by atoms with E-state index in [2.05, 4.69) is 0 Å². The molecular weight excluding hydrogens is 243 g/mol. The van der Waals surface area contributed by atoms with Gasteiger partial charge < -0.3 is 9.69 Å². The maximum Gasteiger partial charge on any atom is 0.418 e. The highest BCUT2D eigenvalue weighted by Gasteiger charge is 2.35. The third-order valence-electron chi connectivity index (χ3n) is 3.20. The second kappa shape index (κ2) is 5.00. The van der Waals surface area contributed by atoms with Crippen LogP contribution in [-0.4, -0.2) is 19.4 Å². The number of aldehydes is 1. The number of benzene rings is 1. The van der Waals surface area contributed by atoms with Crippen molar-refractivity contribution < 1.29 is 18.0 Å². The van der Waals surface area contributed by atoms with E-state index in [4.69, 9.17) is 0 Å². The van der Waals surface area contributed by atoms with Gasteiger partial charge >= 0.3 is 6.18 Å². The number of halogens is 3. The summed E-state index contributed by atoms with van der Waals surface area (Å²) < 4.78 is 38.7. The third-order valence-corrected chi connectivity index (χ3v) is 3.20. The van der Waals surface area contributed by atoms with Gasteiger partial charge in [0.15, 0.2) is 0 Å². The second-order valence-corrected chi connectivity index (χ2v) is 4.50. The molecule has 1 atom stereocenters. The predicted octanol–water partition coefficient (Wildman–Crippen LogP) is 3.12. The Labute approximate surface area is 103 Å². The van der Waals surface area contributed by atoms with Crippen LogP contribution in [-0.2, 0) is 11.0 Å². The van der Waals surface area contributed by atoms with Gasteiger partial charge in [0.25, 0.3) is 0 Å². The Morgan fingerprint density at radius 2 is 2.00 bits per heavy atom. The van der Waals surface area contributed by atoms with Crippen LogP contribution in [0.4, 0.5) is 18.9 Å². The van der Waals surface area contributed by atoms with Crippen LogP contribution in [0.25, 0.3) is 0 Å². The van der Waals surface area contributed by atoms with E-state index in [1.54, 1.807) is 11.0 Å². The lowest BCUT2D eigenvalue weighted by molar-refractivity contribution is -0.137. The molecule has 0 aliphatic carbocycles. The first-order chi connectivity index (χ1) is 8.52. The number of piperidine rings is 1. The third kappa shape index (κ3) is 2.66. The molecule has 2 rings (SSSR count). The zero-order valence-corrected chi connectivity index (χ0v) is 9.78. The first-order valence-electron chi connectivity index (χ1n) is 5.89. The molecule has 1 aliphatic heterocycles. The van der Waals surface area contributed by atoms with Crippen molar-refractivity contribution >= 4 is 12.0 Å². The van der Waals surface area contributed by atoms with E-state index in [9.17, 15) is 18.0 Å². The summed E-state index contributed by atoms with van der Waals surface area (Å²) in [6.07, 6.45) is -2.02. The van der Waals surface area contributed by atoms with Crippen LogP contribution in [0.15, 0.2) is 24.3 Å². The molecule has 98 valence electrons. The molecule has 1 heterocycles. The van der Waals surface area contributed by atoms with Crippen LogP contribution >= 0.6 is 0 Å². The molecule has 0 bridgehead atoms. The van der Waals surface area contributed by atoms with Gasteiger partial charge in [0.05, 0.1) is 5.56 Å². The molecule has 0 aromatic heterocycles. The molecule has 0 saturated carbocycles. The van der Waals surface area contributed by atoms with Gasteiger partial charge in [-0.25, -0.2) is 0 Å². The van der Waals surface area contributed by atoms with Gasteiger partial charge in [-0.2, -0.15) is 13.2 Å². The molecule has 1 saturated heterocycles. The molecule has 1 unspecified atom stereocenters. The van der Waals surface area contributed by atoms with Crippen molar-refractivity contribution in [3.8, 4) is 0 Å². The molecule has 1 aliphatic rings. The number of rotatable bonds is 2. The highest BCUT2D eigenvalue weighted by Crippen LogP contribution is 2.37. The number of carbonyl (C=O) groups is 1. The minimum absolute atomic E-state index is 0.167. The predicted molar refractivity (Wildman–Crippen MR) is 62.4 cm³/mol. The zero-order chi connectivity index (χ0) is 13.2. The fourth-order valence-electron chi connectivity index (χ4n) is 2.33. The standard InChI is InChI=1S/C13H14F3NO/c14-13(15,16)11-5-1-2-6-12(11)17-7-3-4-10(8-17)9-18/h1-2,5-6,9-10H,3-4,7-8H2. The van der Waals surface area contributed by atoms with Gasteiger partial charge in [0.1, 0.15) is 6.29 Å². The summed E-state index contributed by atoms with van der Waals surface area (Å²) in [5.74, 6) is -0.167. The van der Waals surface area contributed by atoms with Crippen molar-refractivity contribution in [2.75, 3.05) is 18.0 Å². The van der Waals surface area contributed by atoms with Crippen LogP contribution in [0.2, 0.25) is 0 Å². The van der Waals surface area contributed by atoms with Crippen LogP contribution < -0.4 is 4.90 Å². The van der Waals surface area contributed by atoms with Gasteiger partial charge in [-0.3, -0.25) is 0 Å². The van der Waals surface area contributed by atoms with Gasteiger partial charge in [0, 0.05) is 24.7 Å². The lowest BCUT2D eigenvalue weighted by atomic mass is 9.98. The molecule has 1 aromatic carbocycles. The fraction of sp³-hybridized carbons (Fsp3) is 0.462. The first-order valence-corrected chi connectivity index (χ1v) is 5.89. The summed E-state index contributed by atoms with van der Waals surface area (Å²) >= 11 is 0. The SMILES string of the molecule is O=CC1CCCN(c2ccccc2C(F)(F)F)C1. The molecule has 1 fully saturated rings. The molecule has 2 nitrogen and oxygen atoms in total. The lowest BCUT2D eigenvalue weighted by Crippen LogP contribution is -2.37. The summed E-state index contributed by atoms with van der Waals surface area (Å²) in [5, 5.41) is 0. The van der Waals surface area contributed by atoms with Gasteiger partial charge in [0.2, 0.25) is 0 Å². The smallest absolute Gasteiger partial charge is 0.370 e. The molecule has 0 N–H and O–H groups in total. The van der Waals surface area contributed by atoms with Crippen molar-refractivity contribution in [1.29, 1.82) is 0 Å². The molecule has 0 amide bonds. The number of nitrogens with zero attached hydrogens (tertiary/aromatic N) is 1. The lowest BCUT2D eigenvalue weighted by Gasteiger charge is -2.33. The monoisotopic (exact) mass is 257 g/mol. The Bertz CT molecular complexity index is 430. The minimum Gasteiger partial charge on any atom is -0.370 e. The molecule has 5 heteroatoms. The molecule has 0 spiro atoms. The van der Waals surface area contributed by atoms with E-state index < -0.39 is 11.7 Å². The minimum atomic E-state index is -4.36. The number of anilines is 1. The normalized spacial score (nSPS) is 20.8. The number of alkyl halides is 3. The van der Waals surface area contributed by atoms with Gasteiger partial charge in [-0.1, -0.05) is 12.1 Å². The van der Waals surface area contributed by atoms with Crippen LogP contribution in [0.3, 0.4) is 0 Å². The number of carbonyl (C=O) groups excluding carboxylic acids is 1. The van der Waals surface area contributed by atoms with E-state index in [0.717, 1.165) is 25.2 Å². The van der Waals surface area contributed by atoms with E-state index in [1.807, 2.05) is 0 Å². The van der Waals surface area contributed by atoms with E-state index in [-0.39, 0.29) is 11.6 Å².